The maximum Gasteiger partial charge on any atom is 0.374 e. The highest BCUT2D eigenvalue weighted by molar-refractivity contribution is 5.99. The highest BCUT2D eigenvalue weighted by Gasteiger charge is 2.17. The zero-order valence-corrected chi connectivity index (χ0v) is 12.0. The Hall–Kier alpha value is -2.17. The number of aryl methyl sites for hydroxylation is 1. The molecule has 0 radical (unpaired) electrons. The van der Waals surface area contributed by atoms with Crippen LogP contribution in [0.2, 0.25) is 0 Å². The van der Waals surface area contributed by atoms with Crippen molar-refractivity contribution in [3.63, 3.8) is 0 Å². The number of imidazole rings is 1. The van der Waals surface area contributed by atoms with Crippen LogP contribution in [0.5, 0.6) is 0 Å². The van der Waals surface area contributed by atoms with Crippen LogP contribution < -0.4 is 0 Å². The average molecular weight is 274 g/mol. The van der Waals surface area contributed by atoms with Gasteiger partial charge in [0.05, 0.1) is 17.6 Å². The lowest BCUT2D eigenvalue weighted by Crippen LogP contribution is -2.11. The molecule has 0 unspecified atom stereocenters. The molecule has 0 aliphatic heterocycles. The SMILES string of the molecule is CCCC(=O)c1ccc2c(c1)nc(C(=O)OCC)n2C. The van der Waals surface area contributed by atoms with E-state index < -0.39 is 5.97 Å². The van der Waals surface area contributed by atoms with E-state index in [0.29, 0.717) is 24.1 Å². The molecule has 0 aliphatic rings. The second kappa shape index (κ2) is 5.86. The molecule has 2 rings (SSSR count). The number of esters is 1. The van der Waals surface area contributed by atoms with Gasteiger partial charge in [-0.15, -0.1) is 0 Å². The van der Waals surface area contributed by atoms with Crippen LogP contribution in [0, 0.1) is 0 Å². The second-order valence-corrected chi connectivity index (χ2v) is 4.59. The molecule has 0 aliphatic carbocycles. The smallest absolute Gasteiger partial charge is 0.374 e. The van der Waals surface area contributed by atoms with Gasteiger partial charge < -0.3 is 9.30 Å². The van der Waals surface area contributed by atoms with Crippen LogP contribution in [0.25, 0.3) is 11.0 Å². The zero-order chi connectivity index (χ0) is 14.7. The summed E-state index contributed by atoms with van der Waals surface area (Å²) in [7, 11) is 1.76. The summed E-state index contributed by atoms with van der Waals surface area (Å²) in [5.74, 6) is -0.104. The van der Waals surface area contributed by atoms with Crippen molar-refractivity contribution in [3.8, 4) is 0 Å². The predicted octanol–water partition coefficient (Wildman–Crippen LogP) is 2.73. The Morgan fingerprint density at radius 1 is 1.30 bits per heavy atom. The van der Waals surface area contributed by atoms with Crippen molar-refractivity contribution in [2.75, 3.05) is 6.61 Å². The van der Waals surface area contributed by atoms with Crippen LogP contribution in [-0.4, -0.2) is 27.9 Å². The minimum Gasteiger partial charge on any atom is -0.460 e. The highest BCUT2D eigenvalue weighted by atomic mass is 16.5. The first-order valence-corrected chi connectivity index (χ1v) is 6.75. The van der Waals surface area contributed by atoms with Gasteiger partial charge >= 0.3 is 5.97 Å². The molecular formula is C15H18N2O3. The second-order valence-electron chi connectivity index (χ2n) is 4.59. The lowest BCUT2D eigenvalue weighted by atomic mass is 10.1. The molecular weight excluding hydrogens is 256 g/mol. The number of hydrogen-bond donors (Lipinski definition) is 0. The average Bonchev–Trinajstić information content (AvgIpc) is 2.76. The van der Waals surface area contributed by atoms with E-state index >= 15 is 0 Å². The first kappa shape index (κ1) is 14.2. The van der Waals surface area contributed by atoms with Gasteiger partial charge in [0.25, 0.3) is 0 Å². The molecule has 106 valence electrons. The fourth-order valence-corrected chi connectivity index (χ4v) is 2.12. The van der Waals surface area contributed by atoms with E-state index in [2.05, 4.69) is 4.98 Å². The first-order chi connectivity index (χ1) is 9.58. The first-order valence-electron chi connectivity index (χ1n) is 6.75. The van der Waals surface area contributed by atoms with E-state index in [-0.39, 0.29) is 11.6 Å². The molecule has 5 heteroatoms. The van der Waals surface area contributed by atoms with Crippen LogP contribution in [0.4, 0.5) is 0 Å². The molecule has 2 aromatic rings. The number of ketones is 1. The molecule has 5 nitrogen and oxygen atoms in total. The molecule has 20 heavy (non-hydrogen) atoms. The van der Waals surface area contributed by atoms with Gasteiger partial charge in [-0.2, -0.15) is 0 Å². The third-order valence-corrected chi connectivity index (χ3v) is 3.14. The molecule has 1 aromatic heterocycles. The Bertz CT molecular complexity index is 658. The normalized spacial score (nSPS) is 10.8. The zero-order valence-electron chi connectivity index (χ0n) is 12.0. The number of benzene rings is 1. The van der Waals surface area contributed by atoms with Crippen molar-refractivity contribution >= 4 is 22.8 Å². The Balaban J connectivity index is 2.44. The van der Waals surface area contributed by atoms with E-state index in [4.69, 9.17) is 4.74 Å². The van der Waals surface area contributed by atoms with E-state index in [1.54, 1.807) is 30.7 Å². The van der Waals surface area contributed by atoms with Crippen LogP contribution in [0.1, 0.15) is 47.7 Å². The van der Waals surface area contributed by atoms with E-state index in [0.717, 1.165) is 11.9 Å². The molecule has 0 saturated heterocycles. The van der Waals surface area contributed by atoms with Gasteiger partial charge in [-0.25, -0.2) is 9.78 Å². The number of aromatic nitrogens is 2. The number of carbonyl (C=O) groups is 2. The third-order valence-electron chi connectivity index (χ3n) is 3.14. The quantitative estimate of drug-likeness (QED) is 0.621. The molecule has 0 fully saturated rings. The Morgan fingerprint density at radius 3 is 2.70 bits per heavy atom. The van der Waals surface area contributed by atoms with E-state index in [1.165, 1.54) is 0 Å². The van der Waals surface area contributed by atoms with E-state index in [1.807, 2.05) is 13.0 Å². The number of Topliss-reactive ketones (excluding diaryl/α,β-unsaturated/α-hetero) is 1. The number of ether oxygens (including phenoxy) is 1. The van der Waals surface area contributed by atoms with Gasteiger partial charge in [-0.3, -0.25) is 4.79 Å². The lowest BCUT2D eigenvalue weighted by molar-refractivity contribution is 0.0508. The molecule has 1 aromatic carbocycles. The molecule has 0 saturated carbocycles. The van der Waals surface area contributed by atoms with E-state index in [9.17, 15) is 9.59 Å². The molecule has 1 heterocycles. The van der Waals surface area contributed by atoms with Gasteiger partial charge in [-0.05, 0) is 31.5 Å². The van der Waals surface area contributed by atoms with Crippen LogP contribution >= 0.6 is 0 Å². The van der Waals surface area contributed by atoms with Crippen molar-refractivity contribution in [1.29, 1.82) is 0 Å². The monoisotopic (exact) mass is 274 g/mol. The summed E-state index contributed by atoms with van der Waals surface area (Å²) in [6, 6.07) is 5.32. The van der Waals surface area contributed by atoms with Crippen LogP contribution in [0.15, 0.2) is 18.2 Å². The molecule has 0 atom stereocenters. The summed E-state index contributed by atoms with van der Waals surface area (Å²) in [5.41, 5.74) is 2.08. The van der Waals surface area contributed by atoms with Gasteiger partial charge in [0, 0.05) is 19.0 Å². The van der Waals surface area contributed by atoms with Crippen molar-refractivity contribution < 1.29 is 14.3 Å². The summed E-state index contributed by atoms with van der Waals surface area (Å²) in [4.78, 5) is 27.9. The van der Waals surface area contributed by atoms with Crippen LogP contribution in [-0.2, 0) is 11.8 Å². The lowest BCUT2D eigenvalue weighted by Gasteiger charge is -2.02. The Kier molecular flexibility index (Phi) is 4.17. The van der Waals surface area contributed by atoms with Crippen LogP contribution in [0.3, 0.4) is 0 Å². The van der Waals surface area contributed by atoms with Gasteiger partial charge in [0.2, 0.25) is 5.82 Å². The molecule has 0 N–H and O–H groups in total. The minimum atomic E-state index is -0.451. The maximum atomic E-state index is 11.9. The molecule has 0 spiro atoms. The third kappa shape index (κ3) is 2.57. The van der Waals surface area contributed by atoms with Gasteiger partial charge in [-0.1, -0.05) is 6.92 Å². The summed E-state index contributed by atoms with van der Waals surface area (Å²) in [6.07, 6.45) is 1.33. The Morgan fingerprint density at radius 2 is 2.05 bits per heavy atom. The summed E-state index contributed by atoms with van der Waals surface area (Å²) in [5, 5.41) is 0. The largest absolute Gasteiger partial charge is 0.460 e. The molecule has 0 bridgehead atoms. The number of nitrogens with zero attached hydrogens (tertiary/aromatic N) is 2. The van der Waals surface area contributed by atoms with Gasteiger partial charge in [0.1, 0.15) is 0 Å². The number of hydrogen-bond acceptors (Lipinski definition) is 4. The predicted molar refractivity (Wildman–Crippen MR) is 75.9 cm³/mol. The maximum absolute atomic E-state index is 11.9. The number of fused-ring (bicyclic) bond motifs is 1. The highest BCUT2D eigenvalue weighted by Crippen LogP contribution is 2.18. The summed E-state index contributed by atoms with van der Waals surface area (Å²) in [6.45, 7) is 4.03. The standard InChI is InChI=1S/C15H18N2O3/c1-4-6-13(18)10-7-8-12-11(9-10)16-14(17(12)3)15(19)20-5-2/h7-9H,4-6H2,1-3H3. The van der Waals surface area contributed by atoms with Crippen molar-refractivity contribution in [2.45, 2.75) is 26.7 Å². The number of rotatable bonds is 5. The van der Waals surface area contributed by atoms with Crippen molar-refractivity contribution in [3.05, 3.63) is 29.6 Å². The molecule has 0 amide bonds. The summed E-state index contributed by atoms with van der Waals surface area (Å²) < 4.78 is 6.65. The topological polar surface area (TPSA) is 61.2 Å². The van der Waals surface area contributed by atoms with Crippen molar-refractivity contribution in [2.24, 2.45) is 7.05 Å². The summed E-state index contributed by atoms with van der Waals surface area (Å²) >= 11 is 0. The van der Waals surface area contributed by atoms with Gasteiger partial charge in [0.15, 0.2) is 5.78 Å². The number of carbonyl (C=O) groups excluding carboxylic acids is 2. The fourth-order valence-electron chi connectivity index (χ4n) is 2.12. The Labute approximate surface area is 117 Å². The minimum absolute atomic E-state index is 0.0951. The fraction of sp³-hybridized carbons (Fsp3) is 0.400. The van der Waals surface area contributed by atoms with Crippen molar-refractivity contribution in [1.82, 2.24) is 9.55 Å².